The van der Waals surface area contributed by atoms with Gasteiger partial charge in [0.05, 0.1) is 6.26 Å². The maximum atomic E-state index is 10.4. The summed E-state index contributed by atoms with van der Waals surface area (Å²) < 4.78 is 5.33. The zero-order valence-corrected chi connectivity index (χ0v) is 13.1. The number of nitrogens with zero attached hydrogens (tertiary/aromatic N) is 1. The standard InChI is InChI=1S/C19H22N2O2/c22-18(19-7-3-11-23-19)12-15-5-2-10-21(15)13-14-4-1-6-17-16(14)8-9-20-17/h1,3-4,6-9,11,15,18,20,22H,2,5,10,12-13H2. The van der Waals surface area contributed by atoms with Crippen LogP contribution in [0.4, 0.5) is 0 Å². The van der Waals surface area contributed by atoms with E-state index >= 15 is 0 Å². The van der Waals surface area contributed by atoms with Crippen molar-refractivity contribution in [1.29, 1.82) is 0 Å². The third-order valence-corrected chi connectivity index (χ3v) is 4.92. The minimum Gasteiger partial charge on any atom is -0.467 e. The maximum Gasteiger partial charge on any atom is 0.132 e. The number of fused-ring (bicyclic) bond motifs is 1. The van der Waals surface area contributed by atoms with E-state index in [0.717, 1.165) is 25.9 Å². The Labute approximate surface area is 135 Å². The van der Waals surface area contributed by atoms with Gasteiger partial charge >= 0.3 is 0 Å². The van der Waals surface area contributed by atoms with Crippen LogP contribution in [0.2, 0.25) is 0 Å². The molecule has 1 aromatic carbocycles. The van der Waals surface area contributed by atoms with Gasteiger partial charge in [0.2, 0.25) is 0 Å². The molecule has 1 saturated heterocycles. The van der Waals surface area contributed by atoms with E-state index in [1.54, 1.807) is 6.26 Å². The molecular formula is C19H22N2O2. The summed E-state index contributed by atoms with van der Waals surface area (Å²) in [4.78, 5) is 5.77. The van der Waals surface area contributed by atoms with Crippen molar-refractivity contribution in [3.05, 3.63) is 60.2 Å². The lowest BCUT2D eigenvalue weighted by Gasteiger charge is -2.26. The first kappa shape index (κ1) is 14.5. The lowest BCUT2D eigenvalue weighted by molar-refractivity contribution is 0.0996. The Balaban J connectivity index is 1.48. The number of hydrogen-bond donors (Lipinski definition) is 2. The van der Waals surface area contributed by atoms with E-state index in [0.29, 0.717) is 11.8 Å². The molecule has 3 heterocycles. The number of hydrogen-bond acceptors (Lipinski definition) is 3. The van der Waals surface area contributed by atoms with Crippen LogP contribution < -0.4 is 0 Å². The summed E-state index contributed by atoms with van der Waals surface area (Å²) in [6, 6.07) is 12.7. The Morgan fingerprint density at radius 2 is 2.22 bits per heavy atom. The third-order valence-electron chi connectivity index (χ3n) is 4.92. The fraction of sp³-hybridized carbons (Fsp3) is 0.368. The summed E-state index contributed by atoms with van der Waals surface area (Å²) in [5.41, 5.74) is 2.54. The van der Waals surface area contributed by atoms with Gasteiger partial charge in [-0.3, -0.25) is 4.90 Å². The summed E-state index contributed by atoms with van der Waals surface area (Å²) in [5.74, 6) is 0.671. The first-order valence-electron chi connectivity index (χ1n) is 8.32. The summed E-state index contributed by atoms with van der Waals surface area (Å²) in [6.07, 6.45) is 6.17. The van der Waals surface area contributed by atoms with E-state index in [-0.39, 0.29) is 0 Å². The van der Waals surface area contributed by atoms with Gasteiger partial charge in [0.15, 0.2) is 0 Å². The highest BCUT2D eigenvalue weighted by Gasteiger charge is 2.28. The molecule has 1 fully saturated rings. The highest BCUT2D eigenvalue weighted by atomic mass is 16.4. The van der Waals surface area contributed by atoms with E-state index in [2.05, 4.69) is 34.1 Å². The van der Waals surface area contributed by atoms with Gasteiger partial charge in [0.1, 0.15) is 11.9 Å². The van der Waals surface area contributed by atoms with E-state index in [4.69, 9.17) is 4.42 Å². The molecule has 120 valence electrons. The molecule has 4 nitrogen and oxygen atoms in total. The van der Waals surface area contributed by atoms with Crippen molar-refractivity contribution in [2.75, 3.05) is 6.54 Å². The zero-order chi connectivity index (χ0) is 15.6. The summed E-state index contributed by atoms with van der Waals surface area (Å²) in [7, 11) is 0. The van der Waals surface area contributed by atoms with Crippen molar-refractivity contribution in [3.8, 4) is 0 Å². The fourth-order valence-corrected chi connectivity index (χ4v) is 3.73. The highest BCUT2D eigenvalue weighted by Crippen LogP contribution is 2.30. The largest absolute Gasteiger partial charge is 0.467 e. The van der Waals surface area contributed by atoms with Crippen molar-refractivity contribution >= 4 is 10.9 Å². The number of benzene rings is 1. The van der Waals surface area contributed by atoms with Crippen LogP contribution in [-0.4, -0.2) is 27.6 Å². The predicted octanol–water partition coefficient (Wildman–Crippen LogP) is 3.85. The quantitative estimate of drug-likeness (QED) is 0.752. The van der Waals surface area contributed by atoms with Crippen LogP contribution in [0.3, 0.4) is 0 Å². The molecule has 3 aromatic rings. The fourth-order valence-electron chi connectivity index (χ4n) is 3.73. The molecule has 0 amide bonds. The Kier molecular flexibility index (Phi) is 3.93. The molecule has 23 heavy (non-hydrogen) atoms. The molecule has 0 radical (unpaired) electrons. The van der Waals surface area contributed by atoms with Gasteiger partial charge in [-0.15, -0.1) is 0 Å². The molecule has 4 rings (SSSR count). The first-order chi connectivity index (χ1) is 11.3. The molecule has 2 atom stereocenters. The number of H-pyrrole nitrogens is 1. The minimum absolute atomic E-state index is 0.407. The van der Waals surface area contributed by atoms with E-state index < -0.39 is 6.10 Å². The zero-order valence-electron chi connectivity index (χ0n) is 13.1. The Hall–Kier alpha value is -2.04. The van der Waals surface area contributed by atoms with Crippen LogP contribution in [0, 0.1) is 0 Å². The Morgan fingerprint density at radius 1 is 1.26 bits per heavy atom. The van der Waals surface area contributed by atoms with Crippen LogP contribution in [0.1, 0.15) is 36.7 Å². The number of aromatic nitrogens is 1. The lowest BCUT2D eigenvalue weighted by atomic mass is 10.0. The molecule has 0 bridgehead atoms. The second kappa shape index (κ2) is 6.22. The van der Waals surface area contributed by atoms with E-state index in [1.807, 2.05) is 18.3 Å². The monoisotopic (exact) mass is 310 g/mol. The SMILES string of the molecule is OC(CC1CCCN1Cc1cccc2[nH]ccc12)c1ccco1. The number of aromatic amines is 1. The molecule has 2 unspecified atom stereocenters. The van der Waals surface area contributed by atoms with Crippen LogP contribution in [0.15, 0.2) is 53.3 Å². The van der Waals surface area contributed by atoms with Crippen molar-refractivity contribution in [1.82, 2.24) is 9.88 Å². The molecule has 4 heteroatoms. The van der Waals surface area contributed by atoms with Gasteiger partial charge in [0.25, 0.3) is 0 Å². The van der Waals surface area contributed by atoms with Crippen LogP contribution >= 0.6 is 0 Å². The molecule has 1 aliphatic rings. The van der Waals surface area contributed by atoms with E-state index in [9.17, 15) is 5.11 Å². The van der Waals surface area contributed by atoms with Gasteiger partial charge < -0.3 is 14.5 Å². The number of furan rings is 1. The first-order valence-corrected chi connectivity index (χ1v) is 8.32. The highest BCUT2D eigenvalue weighted by molar-refractivity contribution is 5.82. The summed E-state index contributed by atoms with van der Waals surface area (Å²) in [5, 5.41) is 11.7. The number of likely N-dealkylation sites (tertiary alicyclic amines) is 1. The van der Waals surface area contributed by atoms with Crippen molar-refractivity contribution in [2.24, 2.45) is 0 Å². The molecule has 1 aliphatic heterocycles. The van der Waals surface area contributed by atoms with E-state index in [1.165, 1.54) is 22.9 Å². The summed E-state index contributed by atoms with van der Waals surface area (Å²) in [6.45, 7) is 2.03. The molecular weight excluding hydrogens is 288 g/mol. The number of aliphatic hydroxyl groups is 1. The third kappa shape index (κ3) is 2.92. The van der Waals surface area contributed by atoms with Crippen molar-refractivity contribution in [2.45, 2.75) is 38.0 Å². The molecule has 2 aromatic heterocycles. The van der Waals surface area contributed by atoms with Crippen molar-refractivity contribution in [3.63, 3.8) is 0 Å². The van der Waals surface area contributed by atoms with Crippen LogP contribution in [0.25, 0.3) is 10.9 Å². The van der Waals surface area contributed by atoms with Gasteiger partial charge in [-0.1, -0.05) is 12.1 Å². The molecule has 0 aliphatic carbocycles. The van der Waals surface area contributed by atoms with Crippen LogP contribution in [-0.2, 0) is 6.54 Å². The van der Waals surface area contributed by atoms with Crippen molar-refractivity contribution < 1.29 is 9.52 Å². The molecule has 0 saturated carbocycles. The smallest absolute Gasteiger partial charge is 0.132 e. The normalized spacial score (nSPS) is 20.3. The van der Waals surface area contributed by atoms with Gasteiger partial charge in [-0.25, -0.2) is 0 Å². The molecule has 2 N–H and O–H groups in total. The maximum absolute atomic E-state index is 10.4. The summed E-state index contributed by atoms with van der Waals surface area (Å²) >= 11 is 0. The topological polar surface area (TPSA) is 52.4 Å². The average molecular weight is 310 g/mol. The van der Waals surface area contributed by atoms with Gasteiger partial charge in [0, 0.05) is 29.7 Å². The van der Waals surface area contributed by atoms with Crippen LogP contribution in [0.5, 0.6) is 0 Å². The van der Waals surface area contributed by atoms with Gasteiger partial charge in [-0.2, -0.15) is 0 Å². The number of nitrogens with one attached hydrogen (secondary N) is 1. The second-order valence-corrected chi connectivity index (χ2v) is 6.39. The Bertz CT molecular complexity index is 763. The number of rotatable bonds is 5. The minimum atomic E-state index is -0.515. The predicted molar refractivity (Wildman–Crippen MR) is 90.0 cm³/mol. The lowest BCUT2D eigenvalue weighted by Crippen LogP contribution is -2.30. The molecule has 0 spiro atoms. The van der Waals surface area contributed by atoms with Gasteiger partial charge in [-0.05, 0) is 55.6 Å². The second-order valence-electron chi connectivity index (χ2n) is 6.39. The Morgan fingerprint density at radius 3 is 3.09 bits per heavy atom. The average Bonchev–Trinajstić information content (AvgIpc) is 3.29. The number of aliphatic hydroxyl groups excluding tert-OH is 1.